The van der Waals surface area contributed by atoms with E-state index in [2.05, 4.69) is 0 Å². The molecule has 3 N–H and O–H groups in total. The van der Waals surface area contributed by atoms with Crippen LogP contribution in [0.5, 0.6) is 0 Å². The zero-order chi connectivity index (χ0) is 11.7. The quantitative estimate of drug-likeness (QED) is 0.542. The molecular weight excluding hydrogens is 240 g/mol. The first-order chi connectivity index (χ1) is 6.79. The molecule has 1 aromatic carbocycles. The summed E-state index contributed by atoms with van der Waals surface area (Å²) in [6.07, 6.45) is 0.928. The molecule has 0 aliphatic carbocycles. The third kappa shape index (κ3) is 2.53. The molecule has 0 aliphatic rings. The molecule has 0 fully saturated rings. The lowest BCUT2D eigenvalue weighted by molar-refractivity contribution is 0.576. The van der Waals surface area contributed by atoms with E-state index in [1.165, 1.54) is 24.3 Å². The summed E-state index contributed by atoms with van der Waals surface area (Å²) in [5.74, 6) is 4.82. The van der Waals surface area contributed by atoms with Crippen molar-refractivity contribution in [2.75, 3.05) is 6.26 Å². The number of sulfonamides is 1. The highest BCUT2D eigenvalue weighted by atomic mass is 32.2. The van der Waals surface area contributed by atoms with Gasteiger partial charge in [-0.25, -0.2) is 16.8 Å². The van der Waals surface area contributed by atoms with Crippen molar-refractivity contribution in [3.8, 4) is 0 Å². The number of nitrogens with two attached hydrogens (primary N) is 1. The molecule has 0 saturated carbocycles. The van der Waals surface area contributed by atoms with Crippen LogP contribution in [0.2, 0.25) is 0 Å². The highest BCUT2D eigenvalue weighted by Crippen LogP contribution is 2.19. The Balaban J connectivity index is 3.59. The SMILES string of the molecule is CS(=O)(=O)c1ccccc1S(=O)(=O)NN. The molecule has 1 rings (SSSR count). The van der Waals surface area contributed by atoms with Gasteiger partial charge in [0.2, 0.25) is 0 Å². The topological polar surface area (TPSA) is 106 Å². The number of benzene rings is 1. The number of hydrogen-bond donors (Lipinski definition) is 2. The van der Waals surface area contributed by atoms with Gasteiger partial charge in [-0.05, 0) is 12.1 Å². The van der Waals surface area contributed by atoms with Crippen molar-refractivity contribution in [3.05, 3.63) is 24.3 Å². The molecule has 0 spiro atoms. The molecule has 0 aromatic heterocycles. The van der Waals surface area contributed by atoms with E-state index in [1.54, 1.807) is 4.83 Å². The minimum absolute atomic E-state index is 0.275. The van der Waals surface area contributed by atoms with Crippen molar-refractivity contribution in [2.45, 2.75) is 9.79 Å². The molecule has 15 heavy (non-hydrogen) atoms. The lowest BCUT2D eigenvalue weighted by atomic mass is 10.4. The highest BCUT2D eigenvalue weighted by molar-refractivity contribution is 7.93. The van der Waals surface area contributed by atoms with Gasteiger partial charge in [-0.1, -0.05) is 12.1 Å². The molecule has 0 radical (unpaired) electrons. The van der Waals surface area contributed by atoms with Crippen molar-refractivity contribution in [1.82, 2.24) is 4.83 Å². The van der Waals surface area contributed by atoms with Gasteiger partial charge in [0.15, 0.2) is 9.84 Å². The van der Waals surface area contributed by atoms with Crippen molar-refractivity contribution in [2.24, 2.45) is 5.84 Å². The van der Waals surface area contributed by atoms with E-state index in [0.29, 0.717) is 0 Å². The summed E-state index contributed by atoms with van der Waals surface area (Å²) in [6.45, 7) is 0. The van der Waals surface area contributed by atoms with Crippen LogP contribution in [0.3, 0.4) is 0 Å². The minimum Gasteiger partial charge on any atom is -0.257 e. The van der Waals surface area contributed by atoms with E-state index in [1.807, 2.05) is 0 Å². The number of hydrazine groups is 1. The summed E-state index contributed by atoms with van der Waals surface area (Å²) in [5.41, 5.74) is 0. The highest BCUT2D eigenvalue weighted by Gasteiger charge is 2.21. The van der Waals surface area contributed by atoms with Crippen LogP contribution >= 0.6 is 0 Å². The Morgan fingerprint density at radius 3 is 1.93 bits per heavy atom. The van der Waals surface area contributed by atoms with Gasteiger partial charge < -0.3 is 0 Å². The Bertz CT molecular complexity index is 562. The van der Waals surface area contributed by atoms with E-state index >= 15 is 0 Å². The summed E-state index contributed by atoms with van der Waals surface area (Å²) in [6, 6.07) is 5.23. The van der Waals surface area contributed by atoms with Crippen molar-refractivity contribution in [1.29, 1.82) is 0 Å². The number of hydrogen-bond acceptors (Lipinski definition) is 5. The largest absolute Gasteiger partial charge is 0.257 e. The molecule has 0 unspecified atom stereocenters. The summed E-state index contributed by atoms with van der Waals surface area (Å²) in [4.78, 5) is 0.951. The van der Waals surface area contributed by atoms with Crippen molar-refractivity contribution >= 4 is 19.9 Å². The van der Waals surface area contributed by atoms with Crippen LogP contribution in [-0.4, -0.2) is 23.1 Å². The van der Waals surface area contributed by atoms with Crippen LogP contribution in [0.4, 0.5) is 0 Å². The number of nitrogens with one attached hydrogen (secondary N) is 1. The average Bonchev–Trinajstić information content (AvgIpc) is 2.16. The standard InChI is InChI=1S/C7H10N2O4S2/c1-14(10,11)6-4-2-3-5-7(6)15(12,13)9-8/h2-5,9H,8H2,1H3. The number of sulfone groups is 1. The predicted octanol–water partition coefficient (Wildman–Crippen LogP) is -0.758. The lowest BCUT2D eigenvalue weighted by Gasteiger charge is -2.06. The van der Waals surface area contributed by atoms with Gasteiger partial charge in [0.25, 0.3) is 10.0 Å². The van der Waals surface area contributed by atoms with E-state index in [-0.39, 0.29) is 9.79 Å². The van der Waals surface area contributed by atoms with Crippen molar-refractivity contribution in [3.63, 3.8) is 0 Å². The first-order valence-electron chi connectivity index (χ1n) is 3.80. The summed E-state index contributed by atoms with van der Waals surface area (Å²) in [7, 11) is -7.56. The van der Waals surface area contributed by atoms with Gasteiger partial charge in [-0.3, -0.25) is 5.84 Å². The second-order valence-corrected chi connectivity index (χ2v) is 6.51. The third-order valence-electron chi connectivity index (χ3n) is 1.69. The molecule has 0 bridgehead atoms. The van der Waals surface area contributed by atoms with Gasteiger partial charge in [0, 0.05) is 6.26 Å². The first kappa shape index (κ1) is 12.1. The van der Waals surface area contributed by atoms with E-state index in [9.17, 15) is 16.8 Å². The predicted molar refractivity (Wildman–Crippen MR) is 54.1 cm³/mol. The van der Waals surface area contributed by atoms with Gasteiger partial charge in [-0.2, -0.15) is 4.83 Å². The van der Waals surface area contributed by atoms with Gasteiger partial charge in [0.1, 0.15) is 4.90 Å². The Morgan fingerprint density at radius 2 is 1.53 bits per heavy atom. The molecule has 0 aliphatic heterocycles. The summed E-state index contributed by atoms with van der Waals surface area (Å²) in [5, 5.41) is 0. The zero-order valence-corrected chi connectivity index (χ0v) is 9.47. The van der Waals surface area contributed by atoms with E-state index < -0.39 is 19.9 Å². The molecule has 84 valence electrons. The molecule has 0 heterocycles. The number of rotatable bonds is 3. The van der Waals surface area contributed by atoms with Gasteiger partial charge >= 0.3 is 0 Å². The molecule has 0 amide bonds. The molecule has 8 heteroatoms. The Hall–Kier alpha value is -0.960. The smallest absolute Gasteiger partial charge is 0.254 e. The molecular formula is C7H10N2O4S2. The normalized spacial score (nSPS) is 12.7. The Labute approximate surface area is 88.0 Å². The first-order valence-corrected chi connectivity index (χ1v) is 7.18. The second-order valence-electron chi connectivity index (χ2n) is 2.84. The van der Waals surface area contributed by atoms with Crippen LogP contribution in [0.25, 0.3) is 0 Å². The molecule has 0 saturated heterocycles. The average molecular weight is 250 g/mol. The van der Waals surface area contributed by atoms with Crippen LogP contribution in [-0.2, 0) is 19.9 Å². The fourth-order valence-corrected chi connectivity index (χ4v) is 3.30. The van der Waals surface area contributed by atoms with Crippen LogP contribution in [0, 0.1) is 0 Å². The Kier molecular flexibility index (Phi) is 3.14. The van der Waals surface area contributed by atoms with E-state index in [4.69, 9.17) is 5.84 Å². The van der Waals surface area contributed by atoms with Gasteiger partial charge in [-0.15, -0.1) is 0 Å². The maximum Gasteiger partial charge on any atom is 0.254 e. The summed E-state index contributed by atoms with van der Waals surface area (Å²) < 4.78 is 45.3. The molecule has 0 atom stereocenters. The van der Waals surface area contributed by atoms with Gasteiger partial charge in [0.05, 0.1) is 4.90 Å². The van der Waals surface area contributed by atoms with Crippen LogP contribution in [0.15, 0.2) is 34.1 Å². The fraction of sp³-hybridized carbons (Fsp3) is 0.143. The third-order valence-corrected chi connectivity index (χ3v) is 4.22. The monoisotopic (exact) mass is 250 g/mol. The lowest BCUT2D eigenvalue weighted by Crippen LogP contribution is -2.31. The van der Waals surface area contributed by atoms with Crippen LogP contribution < -0.4 is 10.7 Å². The zero-order valence-electron chi connectivity index (χ0n) is 7.84. The minimum atomic E-state index is -3.96. The fourth-order valence-electron chi connectivity index (χ4n) is 1.04. The van der Waals surface area contributed by atoms with Crippen LogP contribution in [0.1, 0.15) is 0 Å². The van der Waals surface area contributed by atoms with E-state index in [0.717, 1.165) is 6.26 Å². The second kappa shape index (κ2) is 3.89. The maximum atomic E-state index is 11.4. The summed E-state index contributed by atoms with van der Waals surface area (Å²) >= 11 is 0. The molecule has 1 aromatic rings. The maximum absolute atomic E-state index is 11.4. The Morgan fingerprint density at radius 1 is 1.07 bits per heavy atom. The van der Waals surface area contributed by atoms with Crippen molar-refractivity contribution < 1.29 is 16.8 Å². The molecule has 6 nitrogen and oxygen atoms in total.